The minimum Gasteiger partial charge on any atom is -0.383 e. The van der Waals surface area contributed by atoms with Crippen molar-refractivity contribution < 1.29 is 30.7 Å². The molecule has 212 valence electrons. The van der Waals surface area contributed by atoms with Crippen molar-refractivity contribution in [1.29, 1.82) is 0 Å². The van der Waals surface area contributed by atoms with Crippen LogP contribution >= 0.6 is 0 Å². The zero-order chi connectivity index (χ0) is 28.4. The Morgan fingerprint density at radius 1 is 1.18 bits per heavy atom. The van der Waals surface area contributed by atoms with Crippen LogP contribution < -0.4 is 10.6 Å². The van der Waals surface area contributed by atoms with Gasteiger partial charge in [-0.2, -0.15) is 13.2 Å². The van der Waals surface area contributed by atoms with Crippen LogP contribution in [0.5, 0.6) is 0 Å². The summed E-state index contributed by atoms with van der Waals surface area (Å²) in [6.45, 7) is 3.02. The highest BCUT2D eigenvalue weighted by Gasteiger charge is 2.36. The first-order valence-corrected chi connectivity index (χ1v) is 14.0. The van der Waals surface area contributed by atoms with Crippen LogP contribution in [0.2, 0.25) is 0 Å². The topological polar surface area (TPSA) is 114 Å². The number of alkyl halides is 3. The Kier molecular flexibility index (Phi) is 8.42. The Morgan fingerprint density at radius 3 is 2.51 bits per heavy atom. The van der Waals surface area contributed by atoms with Crippen LogP contribution in [-0.2, 0) is 20.9 Å². The molecule has 15 heteroatoms. The molecule has 2 N–H and O–H groups in total. The van der Waals surface area contributed by atoms with Crippen molar-refractivity contribution in [3.63, 3.8) is 0 Å². The number of anilines is 2. The molecule has 1 aliphatic rings. The lowest BCUT2D eigenvalue weighted by molar-refractivity contribution is -0.137. The Morgan fingerprint density at radius 2 is 1.90 bits per heavy atom. The molecule has 1 fully saturated rings. The van der Waals surface area contributed by atoms with Crippen LogP contribution in [0, 0.1) is 12.7 Å². The van der Waals surface area contributed by atoms with Crippen molar-refractivity contribution in [2.24, 2.45) is 0 Å². The van der Waals surface area contributed by atoms with Gasteiger partial charge in [0.2, 0.25) is 16.0 Å². The third-order valence-corrected chi connectivity index (χ3v) is 7.62. The third-order valence-electron chi connectivity index (χ3n) is 6.32. The molecule has 0 unspecified atom stereocenters. The van der Waals surface area contributed by atoms with E-state index in [9.17, 15) is 26.0 Å². The number of ether oxygens (including phenoxy) is 1. The largest absolute Gasteiger partial charge is 0.420 e. The Labute approximate surface area is 223 Å². The van der Waals surface area contributed by atoms with Crippen LogP contribution in [0.3, 0.4) is 0 Å². The molecule has 0 saturated carbocycles. The number of benzene rings is 1. The molecule has 0 radical (unpaired) electrons. The number of rotatable bonds is 9. The average molecular weight is 572 g/mol. The number of sulfonamides is 1. The van der Waals surface area contributed by atoms with E-state index in [1.165, 1.54) is 27.2 Å². The standard InChI is InChI=1S/C24H29F4N7O3S/c1-15-31-20(14-35(15)21-5-4-17(12-19(21)25)29-8-11-38-2)22-18(24(26,27)28)13-30-23(33-22)32-16-6-9-34(10-7-16)39(3,36)37/h4-5,12-14,16,29H,6-11H2,1-3H3,(H,30,32,33). The van der Waals surface area contributed by atoms with Crippen molar-refractivity contribution in [2.75, 3.05) is 50.2 Å². The second kappa shape index (κ2) is 11.4. The van der Waals surface area contributed by atoms with Gasteiger partial charge in [-0.15, -0.1) is 0 Å². The van der Waals surface area contributed by atoms with E-state index in [-0.39, 0.29) is 42.3 Å². The predicted octanol–water partition coefficient (Wildman–Crippen LogP) is 3.69. The van der Waals surface area contributed by atoms with E-state index in [1.54, 1.807) is 20.1 Å². The maximum Gasteiger partial charge on any atom is 0.420 e. The van der Waals surface area contributed by atoms with E-state index >= 15 is 0 Å². The number of nitrogens with one attached hydrogen (secondary N) is 2. The summed E-state index contributed by atoms with van der Waals surface area (Å²) in [5, 5.41) is 6.02. The molecular weight excluding hydrogens is 542 g/mol. The number of imidazole rings is 1. The number of piperidine rings is 1. The molecule has 10 nitrogen and oxygen atoms in total. The van der Waals surface area contributed by atoms with Crippen molar-refractivity contribution in [3.8, 4) is 17.1 Å². The lowest BCUT2D eigenvalue weighted by Crippen LogP contribution is -2.42. The van der Waals surface area contributed by atoms with Crippen LogP contribution in [0.1, 0.15) is 24.2 Å². The zero-order valence-corrected chi connectivity index (χ0v) is 22.4. The quantitative estimate of drug-likeness (QED) is 0.295. The van der Waals surface area contributed by atoms with Crippen molar-refractivity contribution in [1.82, 2.24) is 23.8 Å². The summed E-state index contributed by atoms with van der Waals surface area (Å²) >= 11 is 0. The molecule has 0 amide bonds. The fourth-order valence-corrected chi connectivity index (χ4v) is 5.18. The Bertz CT molecular complexity index is 1420. The second-order valence-electron chi connectivity index (χ2n) is 9.16. The number of methoxy groups -OCH3 is 1. The molecule has 2 aromatic heterocycles. The van der Waals surface area contributed by atoms with Gasteiger partial charge in [0.25, 0.3) is 0 Å². The Hall–Kier alpha value is -3.30. The number of nitrogens with zero attached hydrogens (tertiary/aromatic N) is 5. The number of aromatic nitrogens is 4. The minimum atomic E-state index is -4.76. The first-order valence-electron chi connectivity index (χ1n) is 12.1. The van der Waals surface area contributed by atoms with Gasteiger partial charge in [0, 0.05) is 50.9 Å². The molecule has 39 heavy (non-hydrogen) atoms. The van der Waals surface area contributed by atoms with Gasteiger partial charge in [-0.25, -0.2) is 32.1 Å². The molecule has 1 saturated heterocycles. The van der Waals surface area contributed by atoms with E-state index < -0.39 is 33.3 Å². The fourth-order valence-electron chi connectivity index (χ4n) is 4.31. The summed E-state index contributed by atoms with van der Waals surface area (Å²) < 4.78 is 87.7. The molecule has 1 aromatic carbocycles. The summed E-state index contributed by atoms with van der Waals surface area (Å²) in [6.07, 6.45) is -0.754. The molecular formula is C24H29F4N7O3S. The molecule has 0 atom stereocenters. The van der Waals surface area contributed by atoms with Gasteiger partial charge >= 0.3 is 6.18 Å². The van der Waals surface area contributed by atoms with Gasteiger partial charge in [0.1, 0.15) is 28.6 Å². The Balaban J connectivity index is 1.61. The lowest BCUT2D eigenvalue weighted by atomic mass is 10.1. The van der Waals surface area contributed by atoms with E-state index in [0.29, 0.717) is 37.9 Å². The highest BCUT2D eigenvalue weighted by Crippen LogP contribution is 2.36. The van der Waals surface area contributed by atoms with Crippen LogP contribution in [-0.4, -0.2) is 77.9 Å². The van der Waals surface area contributed by atoms with Gasteiger partial charge in [-0.1, -0.05) is 0 Å². The highest BCUT2D eigenvalue weighted by molar-refractivity contribution is 7.88. The number of hydrogen-bond donors (Lipinski definition) is 2. The van der Waals surface area contributed by atoms with Crippen molar-refractivity contribution in [3.05, 3.63) is 47.8 Å². The smallest absolute Gasteiger partial charge is 0.383 e. The minimum absolute atomic E-state index is 0.0410. The predicted molar refractivity (Wildman–Crippen MR) is 138 cm³/mol. The fraction of sp³-hybridized carbons (Fsp3) is 0.458. The van der Waals surface area contributed by atoms with Gasteiger partial charge in [-0.3, -0.25) is 0 Å². The SMILES string of the molecule is COCCNc1ccc(-n2cc(-c3nc(NC4CCN(S(C)(=O)=O)CC4)ncc3C(F)(F)F)nc2C)c(F)c1. The molecule has 1 aliphatic heterocycles. The van der Waals surface area contributed by atoms with Gasteiger partial charge in [0.15, 0.2) is 0 Å². The van der Waals surface area contributed by atoms with E-state index in [2.05, 4.69) is 25.6 Å². The first-order chi connectivity index (χ1) is 18.4. The number of halogens is 4. The molecule has 4 rings (SSSR count). The second-order valence-corrected chi connectivity index (χ2v) is 11.1. The maximum absolute atomic E-state index is 15.0. The molecule has 3 aromatic rings. The third kappa shape index (κ3) is 6.83. The molecule has 3 heterocycles. The van der Waals surface area contributed by atoms with Gasteiger partial charge < -0.3 is 19.9 Å². The van der Waals surface area contributed by atoms with E-state index in [4.69, 9.17) is 4.74 Å². The van der Waals surface area contributed by atoms with Gasteiger partial charge in [0.05, 0.1) is 18.6 Å². The van der Waals surface area contributed by atoms with Crippen molar-refractivity contribution >= 4 is 21.7 Å². The number of aryl methyl sites for hydroxylation is 1. The van der Waals surface area contributed by atoms with Gasteiger partial charge in [-0.05, 0) is 38.0 Å². The summed E-state index contributed by atoms with van der Waals surface area (Å²) in [4.78, 5) is 12.2. The van der Waals surface area contributed by atoms with Crippen LogP contribution in [0.15, 0.2) is 30.6 Å². The average Bonchev–Trinajstić information content (AvgIpc) is 3.24. The highest BCUT2D eigenvalue weighted by atomic mass is 32.2. The summed E-state index contributed by atoms with van der Waals surface area (Å²) in [7, 11) is -1.77. The lowest BCUT2D eigenvalue weighted by Gasteiger charge is -2.30. The van der Waals surface area contributed by atoms with E-state index in [0.717, 1.165) is 6.26 Å². The van der Waals surface area contributed by atoms with Crippen LogP contribution in [0.25, 0.3) is 17.1 Å². The van der Waals surface area contributed by atoms with Crippen molar-refractivity contribution in [2.45, 2.75) is 32.0 Å². The molecule has 0 spiro atoms. The summed E-state index contributed by atoms with van der Waals surface area (Å²) in [6, 6.07) is 4.21. The number of hydrogen-bond acceptors (Lipinski definition) is 8. The maximum atomic E-state index is 15.0. The zero-order valence-electron chi connectivity index (χ0n) is 21.6. The normalized spacial score (nSPS) is 15.5. The van der Waals surface area contributed by atoms with Crippen LogP contribution in [0.4, 0.5) is 29.2 Å². The molecule has 0 aliphatic carbocycles. The first kappa shape index (κ1) is 28.7. The monoisotopic (exact) mass is 571 g/mol. The molecule has 0 bridgehead atoms. The summed E-state index contributed by atoms with van der Waals surface area (Å²) in [5.41, 5.74) is -0.989. The van der Waals surface area contributed by atoms with E-state index in [1.807, 2.05) is 0 Å². The summed E-state index contributed by atoms with van der Waals surface area (Å²) in [5.74, 6) is -0.370.